The van der Waals surface area contributed by atoms with Gasteiger partial charge in [-0.15, -0.1) is 0 Å². The van der Waals surface area contributed by atoms with E-state index < -0.39 is 16.1 Å². The largest absolute Gasteiger partial charge is 0.348 e. The van der Waals surface area contributed by atoms with Crippen molar-refractivity contribution in [3.05, 3.63) is 65.7 Å². The van der Waals surface area contributed by atoms with Gasteiger partial charge in [0.05, 0.1) is 10.9 Å². The molecule has 27 heavy (non-hydrogen) atoms. The lowest BCUT2D eigenvalue weighted by Crippen LogP contribution is -2.35. The Balaban J connectivity index is 2.09. The lowest BCUT2D eigenvalue weighted by molar-refractivity contribution is -0.123. The van der Waals surface area contributed by atoms with Gasteiger partial charge in [-0.2, -0.15) is 4.31 Å². The smallest absolute Gasteiger partial charge is 0.243 e. The molecule has 3 N–H and O–H groups in total. The van der Waals surface area contributed by atoms with E-state index in [4.69, 9.17) is 5.73 Å². The van der Waals surface area contributed by atoms with Gasteiger partial charge in [0.15, 0.2) is 0 Å². The summed E-state index contributed by atoms with van der Waals surface area (Å²) in [6.07, 6.45) is 0. The molecule has 6 nitrogen and oxygen atoms in total. The van der Waals surface area contributed by atoms with Crippen molar-refractivity contribution >= 4 is 15.9 Å². The summed E-state index contributed by atoms with van der Waals surface area (Å²) in [7, 11) is -3.49. The van der Waals surface area contributed by atoms with Crippen molar-refractivity contribution in [1.82, 2.24) is 9.62 Å². The second-order valence-corrected chi connectivity index (χ2v) is 8.21. The highest BCUT2D eigenvalue weighted by molar-refractivity contribution is 7.89. The molecule has 0 fully saturated rings. The maximum atomic E-state index is 12.5. The first kappa shape index (κ1) is 21.1. The number of nitrogens with zero attached hydrogens (tertiary/aromatic N) is 1. The number of hydrogen-bond donors (Lipinski definition) is 2. The number of nitrogens with two attached hydrogens (primary N) is 1. The Hall–Kier alpha value is -2.22. The van der Waals surface area contributed by atoms with Crippen molar-refractivity contribution in [2.45, 2.75) is 37.8 Å². The molecule has 0 radical (unpaired) electrons. The van der Waals surface area contributed by atoms with E-state index in [0.717, 1.165) is 11.1 Å². The summed E-state index contributed by atoms with van der Waals surface area (Å²) < 4.78 is 26.5. The molecule has 0 heterocycles. The molecule has 0 spiro atoms. The molecule has 0 aromatic heterocycles. The van der Waals surface area contributed by atoms with E-state index in [1.165, 1.54) is 4.31 Å². The Morgan fingerprint density at radius 3 is 2.07 bits per heavy atom. The van der Waals surface area contributed by atoms with E-state index in [1.54, 1.807) is 24.3 Å². The lowest BCUT2D eigenvalue weighted by Gasteiger charge is -2.20. The van der Waals surface area contributed by atoms with Gasteiger partial charge in [-0.05, 0) is 30.2 Å². The van der Waals surface area contributed by atoms with Crippen LogP contribution in [0, 0.1) is 0 Å². The fourth-order valence-electron chi connectivity index (χ4n) is 2.84. The molecule has 0 aliphatic rings. The zero-order valence-electron chi connectivity index (χ0n) is 15.9. The highest BCUT2D eigenvalue weighted by Crippen LogP contribution is 2.20. The topological polar surface area (TPSA) is 92.5 Å². The van der Waals surface area contributed by atoms with Crippen molar-refractivity contribution in [1.29, 1.82) is 0 Å². The summed E-state index contributed by atoms with van der Waals surface area (Å²) in [6, 6.07) is 14.7. The standard InChI is InChI=1S/C20H27N3O3S/c1-4-23(5-2)27(25,26)18-13-11-16(12-14-18)15(3)22-20(24)19(21)17-9-7-6-8-10-17/h6-15,19H,4-5,21H2,1-3H3,(H,22,24). The SMILES string of the molecule is CCN(CC)S(=O)(=O)c1ccc(C(C)NC(=O)C(N)c2ccccc2)cc1. The normalized spacial score (nSPS) is 14.0. The minimum absolute atomic E-state index is 0.245. The monoisotopic (exact) mass is 389 g/mol. The molecule has 2 rings (SSSR count). The molecule has 2 aromatic rings. The summed E-state index contributed by atoms with van der Waals surface area (Å²) in [5.74, 6) is -0.284. The Labute approximate surface area is 161 Å². The van der Waals surface area contributed by atoms with Gasteiger partial charge in [0, 0.05) is 13.1 Å². The first-order valence-corrected chi connectivity index (χ1v) is 10.5. The third-order valence-electron chi connectivity index (χ3n) is 4.52. The van der Waals surface area contributed by atoms with Crippen LogP contribution in [0.25, 0.3) is 0 Å². The summed E-state index contributed by atoms with van der Waals surface area (Å²) in [5.41, 5.74) is 7.56. The van der Waals surface area contributed by atoms with Gasteiger partial charge in [0.2, 0.25) is 15.9 Å². The van der Waals surface area contributed by atoms with Gasteiger partial charge in [0.25, 0.3) is 0 Å². The predicted molar refractivity (Wildman–Crippen MR) is 106 cm³/mol. The molecule has 2 unspecified atom stereocenters. The third kappa shape index (κ3) is 4.94. The number of carbonyl (C=O) groups is 1. The predicted octanol–water partition coefficient (Wildman–Crippen LogP) is 2.59. The van der Waals surface area contributed by atoms with E-state index >= 15 is 0 Å². The number of sulfonamides is 1. The molecular formula is C20H27N3O3S. The molecule has 0 aliphatic heterocycles. The highest BCUT2D eigenvalue weighted by atomic mass is 32.2. The number of carbonyl (C=O) groups excluding carboxylic acids is 1. The van der Waals surface area contributed by atoms with Crippen LogP contribution in [-0.4, -0.2) is 31.7 Å². The fraction of sp³-hybridized carbons (Fsp3) is 0.350. The zero-order valence-corrected chi connectivity index (χ0v) is 16.7. The molecule has 0 saturated heterocycles. The average molecular weight is 390 g/mol. The van der Waals surface area contributed by atoms with Crippen LogP contribution in [0.2, 0.25) is 0 Å². The molecule has 0 bridgehead atoms. The zero-order chi connectivity index (χ0) is 20.0. The second-order valence-electron chi connectivity index (χ2n) is 6.28. The minimum Gasteiger partial charge on any atom is -0.348 e. The van der Waals surface area contributed by atoms with Crippen LogP contribution in [0.4, 0.5) is 0 Å². The van der Waals surface area contributed by atoms with Gasteiger partial charge in [0.1, 0.15) is 6.04 Å². The Kier molecular flexibility index (Phi) is 7.12. The number of rotatable bonds is 8. The van der Waals surface area contributed by atoms with Gasteiger partial charge in [-0.1, -0.05) is 56.3 Å². The molecular weight excluding hydrogens is 362 g/mol. The maximum absolute atomic E-state index is 12.5. The molecule has 0 saturated carbocycles. The number of amides is 1. The third-order valence-corrected chi connectivity index (χ3v) is 6.59. The number of nitrogens with one attached hydrogen (secondary N) is 1. The summed E-state index contributed by atoms with van der Waals surface area (Å²) in [5, 5.41) is 2.87. The van der Waals surface area contributed by atoms with E-state index in [-0.39, 0.29) is 16.8 Å². The van der Waals surface area contributed by atoms with Crippen LogP contribution in [-0.2, 0) is 14.8 Å². The van der Waals surface area contributed by atoms with Crippen LogP contribution in [0.1, 0.15) is 44.0 Å². The van der Waals surface area contributed by atoms with Gasteiger partial charge in [-0.3, -0.25) is 4.79 Å². The quantitative estimate of drug-likeness (QED) is 0.726. The highest BCUT2D eigenvalue weighted by Gasteiger charge is 2.22. The van der Waals surface area contributed by atoms with Gasteiger partial charge >= 0.3 is 0 Å². The van der Waals surface area contributed by atoms with E-state index in [9.17, 15) is 13.2 Å². The molecule has 146 valence electrons. The van der Waals surface area contributed by atoms with Crippen molar-refractivity contribution in [3.63, 3.8) is 0 Å². The van der Waals surface area contributed by atoms with Crippen molar-refractivity contribution in [2.24, 2.45) is 5.73 Å². The lowest BCUT2D eigenvalue weighted by atomic mass is 10.1. The Morgan fingerprint density at radius 2 is 1.56 bits per heavy atom. The number of benzene rings is 2. The van der Waals surface area contributed by atoms with E-state index in [0.29, 0.717) is 13.1 Å². The van der Waals surface area contributed by atoms with Crippen molar-refractivity contribution < 1.29 is 13.2 Å². The average Bonchev–Trinajstić information content (AvgIpc) is 2.68. The first-order chi connectivity index (χ1) is 12.8. The van der Waals surface area contributed by atoms with Crippen LogP contribution in [0.15, 0.2) is 59.5 Å². The Bertz CT molecular complexity index is 848. The summed E-state index contributed by atoms with van der Waals surface area (Å²) in [6.45, 7) is 6.30. The van der Waals surface area contributed by atoms with Crippen LogP contribution >= 0.6 is 0 Å². The molecule has 7 heteroatoms. The molecule has 1 amide bonds. The van der Waals surface area contributed by atoms with Crippen molar-refractivity contribution in [3.8, 4) is 0 Å². The molecule has 0 aliphatic carbocycles. The minimum atomic E-state index is -3.49. The summed E-state index contributed by atoms with van der Waals surface area (Å²) in [4.78, 5) is 12.6. The van der Waals surface area contributed by atoms with Crippen molar-refractivity contribution in [2.75, 3.05) is 13.1 Å². The van der Waals surface area contributed by atoms with Crippen LogP contribution in [0.3, 0.4) is 0 Å². The fourth-order valence-corrected chi connectivity index (χ4v) is 4.30. The molecule has 2 atom stereocenters. The van der Waals surface area contributed by atoms with Crippen LogP contribution < -0.4 is 11.1 Å². The first-order valence-electron chi connectivity index (χ1n) is 9.02. The molecule has 2 aromatic carbocycles. The van der Waals surface area contributed by atoms with Crippen LogP contribution in [0.5, 0.6) is 0 Å². The number of hydrogen-bond acceptors (Lipinski definition) is 4. The van der Waals surface area contributed by atoms with Gasteiger partial charge in [-0.25, -0.2) is 8.42 Å². The van der Waals surface area contributed by atoms with E-state index in [2.05, 4.69) is 5.32 Å². The van der Waals surface area contributed by atoms with Gasteiger partial charge < -0.3 is 11.1 Å². The Morgan fingerprint density at radius 1 is 1.00 bits per heavy atom. The second kappa shape index (κ2) is 9.12. The summed E-state index contributed by atoms with van der Waals surface area (Å²) >= 11 is 0. The van der Waals surface area contributed by atoms with E-state index in [1.807, 2.05) is 51.1 Å². The maximum Gasteiger partial charge on any atom is 0.243 e.